The lowest BCUT2D eigenvalue weighted by Gasteiger charge is -2.29. The van der Waals surface area contributed by atoms with Gasteiger partial charge < -0.3 is 29.6 Å². The molecule has 3 rings (SSSR count). The van der Waals surface area contributed by atoms with Crippen molar-refractivity contribution >= 4 is 12.0 Å². The highest BCUT2D eigenvalue weighted by Gasteiger charge is 2.33. The van der Waals surface area contributed by atoms with E-state index in [1.54, 1.807) is 19.1 Å². The first kappa shape index (κ1) is 22.0. The lowest BCUT2D eigenvalue weighted by Crippen LogP contribution is -2.45. The molecule has 2 aromatic rings. The number of benzene rings is 2. The van der Waals surface area contributed by atoms with Crippen molar-refractivity contribution in [1.82, 2.24) is 10.6 Å². The Morgan fingerprint density at radius 2 is 1.65 bits per heavy atom. The molecule has 1 aliphatic rings. The van der Waals surface area contributed by atoms with Crippen LogP contribution in [0.3, 0.4) is 0 Å². The van der Waals surface area contributed by atoms with E-state index in [4.69, 9.17) is 18.9 Å². The fraction of sp³-hybridized carbons (Fsp3) is 0.304. The zero-order valence-electron chi connectivity index (χ0n) is 18.0. The number of hydrogen-bond donors (Lipinski definition) is 2. The predicted molar refractivity (Wildman–Crippen MR) is 114 cm³/mol. The lowest BCUT2D eigenvalue weighted by molar-refractivity contribution is -0.139. The maximum Gasteiger partial charge on any atom is 0.338 e. The first-order valence-corrected chi connectivity index (χ1v) is 9.77. The standard InChI is InChI=1S/C23H26N2O6/c1-14-19(22(26)31-11-10-15-8-6-5-7-9-15)20(25-23(27)24-14)16-12-17(28-2)21(30-4)18(13-16)29-3/h5-9,12-13,20H,10-11H2,1-4H3,(H2,24,25,27)/t20-/m1/s1. The van der Waals surface area contributed by atoms with Crippen LogP contribution < -0.4 is 24.8 Å². The van der Waals surface area contributed by atoms with Crippen LogP contribution in [0, 0.1) is 0 Å². The number of carbonyl (C=O) groups is 2. The number of hydrogen-bond acceptors (Lipinski definition) is 6. The van der Waals surface area contributed by atoms with Gasteiger partial charge in [0.15, 0.2) is 11.5 Å². The summed E-state index contributed by atoms with van der Waals surface area (Å²) in [6, 6.07) is 12.0. The fourth-order valence-corrected chi connectivity index (χ4v) is 3.47. The van der Waals surface area contributed by atoms with Gasteiger partial charge in [0.2, 0.25) is 5.75 Å². The highest BCUT2D eigenvalue weighted by atomic mass is 16.5. The molecular weight excluding hydrogens is 400 g/mol. The second kappa shape index (κ2) is 9.88. The van der Waals surface area contributed by atoms with Crippen LogP contribution in [0.5, 0.6) is 17.2 Å². The molecule has 164 valence electrons. The summed E-state index contributed by atoms with van der Waals surface area (Å²) in [7, 11) is 4.51. The minimum absolute atomic E-state index is 0.218. The van der Waals surface area contributed by atoms with Crippen molar-refractivity contribution < 1.29 is 28.5 Å². The number of methoxy groups -OCH3 is 3. The Morgan fingerprint density at radius 3 is 2.23 bits per heavy atom. The minimum atomic E-state index is -0.744. The van der Waals surface area contributed by atoms with E-state index in [9.17, 15) is 9.59 Å². The summed E-state index contributed by atoms with van der Waals surface area (Å²) in [4.78, 5) is 25.1. The second-order valence-electron chi connectivity index (χ2n) is 6.90. The maximum absolute atomic E-state index is 13.0. The first-order chi connectivity index (χ1) is 15.0. The van der Waals surface area contributed by atoms with E-state index < -0.39 is 18.0 Å². The summed E-state index contributed by atoms with van der Waals surface area (Å²) in [6.45, 7) is 1.88. The van der Waals surface area contributed by atoms with Crippen molar-refractivity contribution in [1.29, 1.82) is 0 Å². The Morgan fingerprint density at radius 1 is 1.00 bits per heavy atom. The van der Waals surface area contributed by atoms with Gasteiger partial charge in [0, 0.05) is 12.1 Å². The molecule has 0 aromatic heterocycles. The van der Waals surface area contributed by atoms with E-state index in [1.165, 1.54) is 21.3 Å². The SMILES string of the molecule is COc1cc([C@H]2NC(=O)NC(C)=C2C(=O)OCCc2ccccc2)cc(OC)c1OC. The van der Waals surface area contributed by atoms with Crippen LogP contribution in [0.15, 0.2) is 53.7 Å². The topological polar surface area (TPSA) is 95.1 Å². The van der Waals surface area contributed by atoms with Gasteiger partial charge in [-0.2, -0.15) is 0 Å². The molecule has 0 spiro atoms. The molecule has 0 aliphatic carbocycles. The van der Waals surface area contributed by atoms with Gasteiger partial charge in [-0.25, -0.2) is 9.59 Å². The molecule has 31 heavy (non-hydrogen) atoms. The Hall–Kier alpha value is -3.68. The largest absolute Gasteiger partial charge is 0.493 e. The first-order valence-electron chi connectivity index (χ1n) is 9.77. The van der Waals surface area contributed by atoms with E-state index in [-0.39, 0.29) is 6.61 Å². The van der Waals surface area contributed by atoms with Crippen LogP contribution in [-0.4, -0.2) is 39.9 Å². The number of nitrogens with one attached hydrogen (secondary N) is 2. The molecule has 1 atom stereocenters. The number of amides is 2. The maximum atomic E-state index is 13.0. The molecule has 2 N–H and O–H groups in total. The predicted octanol–water partition coefficient (Wildman–Crippen LogP) is 3.13. The van der Waals surface area contributed by atoms with Crippen LogP contribution in [0.25, 0.3) is 0 Å². The van der Waals surface area contributed by atoms with E-state index >= 15 is 0 Å². The zero-order chi connectivity index (χ0) is 22.4. The molecule has 2 aromatic carbocycles. The Balaban J connectivity index is 1.88. The Kier molecular flexibility index (Phi) is 7.02. The molecule has 0 bridgehead atoms. The van der Waals surface area contributed by atoms with Gasteiger partial charge in [-0.15, -0.1) is 0 Å². The summed E-state index contributed by atoms with van der Waals surface area (Å²) >= 11 is 0. The third-order valence-electron chi connectivity index (χ3n) is 4.98. The normalized spacial score (nSPS) is 15.6. The van der Waals surface area contributed by atoms with E-state index in [2.05, 4.69) is 10.6 Å². The Bertz CT molecular complexity index is 962. The summed E-state index contributed by atoms with van der Waals surface area (Å²) in [5.41, 5.74) is 2.39. The molecule has 1 heterocycles. The average molecular weight is 426 g/mol. The molecule has 0 fully saturated rings. The quantitative estimate of drug-likeness (QED) is 0.630. The molecule has 1 aliphatic heterocycles. The van der Waals surface area contributed by atoms with Crippen molar-refractivity contribution in [3.63, 3.8) is 0 Å². The molecule has 0 radical (unpaired) electrons. The third-order valence-corrected chi connectivity index (χ3v) is 4.98. The number of ether oxygens (including phenoxy) is 4. The smallest absolute Gasteiger partial charge is 0.338 e. The van der Waals surface area contributed by atoms with Crippen molar-refractivity contribution in [2.45, 2.75) is 19.4 Å². The van der Waals surface area contributed by atoms with Crippen molar-refractivity contribution in [2.24, 2.45) is 0 Å². The molecular formula is C23H26N2O6. The van der Waals surface area contributed by atoms with Gasteiger partial charge in [-0.3, -0.25) is 0 Å². The number of urea groups is 1. The molecule has 0 saturated heterocycles. The van der Waals surface area contributed by atoms with Crippen LogP contribution in [-0.2, 0) is 16.0 Å². The van der Waals surface area contributed by atoms with Crippen molar-refractivity contribution in [3.8, 4) is 17.2 Å². The highest BCUT2D eigenvalue weighted by molar-refractivity contribution is 5.95. The van der Waals surface area contributed by atoms with E-state index in [0.717, 1.165) is 5.56 Å². The van der Waals surface area contributed by atoms with Gasteiger partial charge in [-0.1, -0.05) is 30.3 Å². The van der Waals surface area contributed by atoms with Gasteiger partial charge in [-0.05, 0) is 30.2 Å². The van der Waals surface area contributed by atoms with Crippen LogP contribution >= 0.6 is 0 Å². The molecule has 2 amide bonds. The van der Waals surface area contributed by atoms with Crippen molar-refractivity contribution in [2.75, 3.05) is 27.9 Å². The van der Waals surface area contributed by atoms with Crippen LogP contribution in [0.4, 0.5) is 4.79 Å². The van der Waals surface area contributed by atoms with E-state index in [1.807, 2.05) is 30.3 Å². The fourth-order valence-electron chi connectivity index (χ4n) is 3.47. The monoisotopic (exact) mass is 426 g/mol. The number of esters is 1. The van der Waals surface area contributed by atoms with Gasteiger partial charge in [0.25, 0.3) is 0 Å². The Labute approximate surface area is 181 Å². The van der Waals surface area contributed by atoms with Gasteiger partial charge >= 0.3 is 12.0 Å². The summed E-state index contributed by atoms with van der Waals surface area (Å²) in [6.07, 6.45) is 0.591. The lowest BCUT2D eigenvalue weighted by atomic mass is 9.95. The summed E-state index contributed by atoms with van der Waals surface area (Å²) in [5, 5.41) is 5.42. The minimum Gasteiger partial charge on any atom is -0.493 e. The van der Waals surface area contributed by atoms with Gasteiger partial charge in [0.1, 0.15) is 0 Å². The van der Waals surface area contributed by atoms with Crippen molar-refractivity contribution in [3.05, 3.63) is 64.9 Å². The van der Waals surface area contributed by atoms with Gasteiger partial charge in [0.05, 0.1) is 39.6 Å². The average Bonchev–Trinajstić information content (AvgIpc) is 2.78. The molecule has 8 nitrogen and oxygen atoms in total. The van der Waals surface area contributed by atoms with Crippen LogP contribution in [0.2, 0.25) is 0 Å². The zero-order valence-corrected chi connectivity index (χ0v) is 18.0. The molecule has 8 heteroatoms. The summed E-state index contributed by atoms with van der Waals surface area (Å²) < 4.78 is 21.7. The number of rotatable bonds is 8. The highest BCUT2D eigenvalue weighted by Crippen LogP contribution is 2.41. The van der Waals surface area contributed by atoms with E-state index in [0.29, 0.717) is 40.5 Å². The number of carbonyl (C=O) groups excluding carboxylic acids is 2. The third kappa shape index (κ3) is 4.91. The molecule has 0 unspecified atom stereocenters. The molecule has 0 saturated carbocycles. The number of allylic oxidation sites excluding steroid dienone is 1. The van der Waals surface area contributed by atoms with Crippen LogP contribution in [0.1, 0.15) is 24.1 Å². The summed E-state index contributed by atoms with van der Waals surface area (Å²) in [5.74, 6) is 0.736. The second-order valence-corrected chi connectivity index (χ2v) is 6.90.